The number of phosphoric acid groups is 1. The predicted octanol–water partition coefficient (Wildman–Crippen LogP) is 9.17. The summed E-state index contributed by atoms with van der Waals surface area (Å²) >= 11 is 0. The van der Waals surface area contributed by atoms with Crippen LogP contribution in [0.3, 0.4) is 0 Å². The number of ether oxygens (including phenoxy) is 2. The highest BCUT2D eigenvalue weighted by Crippen LogP contribution is 2.47. The van der Waals surface area contributed by atoms with E-state index >= 15 is 0 Å². The van der Waals surface area contributed by atoms with Gasteiger partial charge in [-0.05, 0) is 51.4 Å². The zero-order valence-corrected chi connectivity index (χ0v) is 38.3. The number of unbranched alkanes of at least 4 members (excludes halogenated alkanes) is 18. The first-order valence-electron chi connectivity index (χ1n) is 23.4. The Morgan fingerprint density at radius 2 is 0.902 bits per heavy atom. The molecule has 1 saturated carbocycles. The molecule has 6 unspecified atom stereocenters. The third kappa shape index (κ3) is 29.7. The van der Waals surface area contributed by atoms with Gasteiger partial charge in [-0.3, -0.25) is 18.6 Å². The van der Waals surface area contributed by atoms with Crippen molar-refractivity contribution in [3.63, 3.8) is 0 Å². The fourth-order valence-corrected chi connectivity index (χ4v) is 7.84. The van der Waals surface area contributed by atoms with Crippen LogP contribution in [0.5, 0.6) is 0 Å². The van der Waals surface area contributed by atoms with E-state index in [2.05, 4.69) is 50.3 Å². The number of phosphoric ester groups is 1. The van der Waals surface area contributed by atoms with Crippen LogP contribution in [0.2, 0.25) is 0 Å². The SMILES string of the molecule is CCCCC/C=C/C/C=C/C/C=C/C/C=C/CCCC(=O)OC(COC(=O)CCCCCCCCCCCCCCCCC)COP(=O)(O)OC1C(O)C(O)C(O)C(O)C1O. The molecule has 0 spiro atoms. The van der Waals surface area contributed by atoms with Crippen LogP contribution in [0.25, 0.3) is 0 Å². The van der Waals surface area contributed by atoms with Crippen LogP contribution in [0.15, 0.2) is 48.6 Å². The van der Waals surface area contributed by atoms with Gasteiger partial charge in [-0.1, -0.05) is 165 Å². The zero-order valence-electron chi connectivity index (χ0n) is 37.4. The van der Waals surface area contributed by atoms with Gasteiger partial charge < -0.3 is 39.9 Å². The van der Waals surface area contributed by atoms with E-state index in [4.69, 9.17) is 18.5 Å². The second-order valence-electron chi connectivity index (χ2n) is 16.3. The second-order valence-corrected chi connectivity index (χ2v) is 17.7. The Hall–Kier alpha value is -2.19. The Morgan fingerprint density at radius 3 is 1.39 bits per heavy atom. The van der Waals surface area contributed by atoms with E-state index in [1.165, 1.54) is 89.9 Å². The van der Waals surface area contributed by atoms with Gasteiger partial charge in [-0.15, -0.1) is 0 Å². The molecule has 0 aromatic carbocycles. The van der Waals surface area contributed by atoms with Crippen LogP contribution in [-0.4, -0.2) is 98.3 Å². The van der Waals surface area contributed by atoms with E-state index in [-0.39, 0.29) is 12.8 Å². The van der Waals surface area contributed by atoms with Gasteiger partial charge in [0.25, 0.3) is 0 Å². The molecule has 14 heteroatoms. The van der Waals surface area contributed by atoms with E-state index < -0.39 is 75.7 Å². The third-order valence-electron chi connectivity index (χ3n) is 10.7. The number of allylic oxidation sites excluding steroid dienone is 8. The van der Waals surface area contributed by atoms with Gasteiger partial charge in [-0.25, -0.2) is 4.57 Å². The van der Waals surface area contributed by atoms with Crippen molar-refractivity contribution < 1.29 is 63.1 Å². The molecule has 0 aromatic heterocycles. The van der Waals surface area contributed by atoms with E-state index in [0.29, 0.717) is 19.3 Å². The van der Waals surface area contributed by atoms with Crippen molar-refractivity contribution in [1.29, 1.82) is 0 Å². The molecule has 1 aliphatic rings. The van der Waals surface area contributed by atoms with Gasteiger partial charge in [0.05, 0.1) is 6.61 Å². The molecule has 0 bridgehead atoms. The predicted molar refractivity (Wildman–Crippen MR) is 239 cm³/mol. The summed E-state index contributed by atoms with van der Waals surface area (Å²) in [7, 11) is -5.13. The Kier molecular flexibility index (Phi) is 34.7. The summed E-state index contributed by atoms with van der Waals surface area (Å²) in [5.74, 6) is -1.16. The van der Waals surface area contributed by atoms with Crippen molar-refractivity contribution >= 4 is 19.8 Å². The van der Waals surface area contributed by atoms with Gasteiger partial charge in [0.2, 0.25) is 0 Å². The molecule has 0 aromatic rings. The van der Waals surface area contributed by atoms with Crippen molar-refractivity contribution in [2.75, 3.05) is 13.2 Å². The molecule has 1 rings (SSSR count). The number of esters is 2. The van der Waals surface area contributed by atoms with Crippen LogP contribution in [0.4, 0.5) is 0 Å². The number of carbonyl (C=O) groups is 2. The number of aliphatic hydroxyl groups is 5. The molecule has 0 amide bonds. The first-order chi connectivity index (χ1) is 29.4. The largest absolute Gasteiger partial charge is 0.472 e. The van der Waals surface area contributed by atoms with Crippen molar-refractivity contribution in [3.8, 4) is 0 Å². The van der Waals surface area contributed by atoms with E-state index in [1.54, 1.807) is 0 Å². The lowest BCUT2D eigenvalue weighted by Crippen LogP contribution is -2.64. The molecular weight excluding hydrogens is 803 g/mol. The molecule has 354 valence electrons. The fraction of sp³-hybridized carbons (Fsp3) is 0.787. The Morgan fingerprint density at radius 1 is 0.508 bits per heavy atom. The standard InChI is InChI=1S/C47H83O13P/c1-3-5-7-9-11-13-15-17-19-20-22-24-26-28-30-32-34-36-41(49)59-39(38-58-61(55,56)60-47-45(53)43(51)42(50)44(52)46(47)54)37-57-40(48)35-33-31-29-27-25-23-21-18-16-14-12-10-8-6-4-2/h11,13,17,19,22,24,28,30,39,42-47,50-54H,3-10,12,14-16,18,20-21,23,25-27,29,31-38H2,1-2H3,(H,55,56)/b13-11+,19-17+,24-22+,30-28+. The normalized spacial score (nSPS) is 22.4. The lowest BCUT2D eigenvalue weighted by Gasteiger charge is -2.41. The van der Waals surface area contributed by atoms with Gasteiger partial charge in [0, 0.05) is 12.8 Å². The highest BCUT2D eigenvalue weighted by atomic mass is 31.2. The molecule has 1 fully saturated rings. The number of hydrogen-bond donors (Lipinski definition) is 6. The quantitative estimate of drug-likeness (QED) is 0.0148. The molecule has 0 aliphatic heterocycles. The number of rotatable bonds is 38. The number of carbonyl (C=O) groups excluding carboxylic acids is 2. The van der Waals surface area contributed by atoms with Crippen molar-refractivity contribution in [3.05, 3.63) is 48.6 Å². The van der Waals surface area contributed by atoms with Crippen LogP contribution >= 0.6 is 7.82 Å². The number of aliphatic hydroxyl groups excluding tert-OH is 5. The maximum atomic E-state index is 12.8. The molecule has 0 radical (unpaired) electrons. The van der Waals surface area contributed by atoms with Crippen LogP contribution in [0.1, 0.15) is 181 Å². The summed E-state index contributed by atoms with van der Waals surface area (Å²) in [4.78, 5) is 35.7. The maximum absolute atomic E-state index is 12.8. The van der Waals surface area contributed by atoms with Gasteiger partial charge in [0.1, 0.15) is 43.2 Å². The lowest BCUT2D eigenvalue weighted by atomic mass is 9.85. The minimum Gasteiger partial charge on any atom is -0.462 e. The second kappa shape index (κ2) is 37.2. The first kappa shape index (κ1) is 56.8. The minimum absolute atomic E-state index is 0.0213. The summed E-state index contributed by atoms with van der Waals surface area (Å²) in [6, 6.07) is 0. The summed E-state index contributed by atoms with van der Waals surface area (Å²) in [6.45, 7) is 3.23. The topological polar surface area (TPSA) is 210 Å². The smallest absolute Gasteiger partial charge is 0.462 e. The average Bonchev–Trinajstić information content (AvgIpc) is 3.24. The highest BCUT2D eigenvalue weighted by Gasteiger charge is 2.51. The third-order valence-corrected chi connectivity index (χ3v) is 11.7. The van der Waals surface area contributed by atoms with Gasteiger partial charge >= 0.3 is 19.8 Å². The maximum Gasteiger partial charge on any atom is 0.472 e. The van der Waals surface area contributed by atoms with Crippen molar-refractivity contribution in [1.82, 2.24) is 0 Å². The molecular formula is C47H83O13P. The van der Waals surface area contributed by atoms with E-state index in [9.17, 15) is 44.6 Å². The van der Waals surface area contributed by atoms with Crippen LogP contribution in [-0.2, 0) is 32.7 Å². The molecule has 1 aliphatic carbocycles. The zero-order chi connectivity index (χ0) is 45.0. The molecule has 6 N–H and O–H groups in total. The monoisotopic (exact) mass is 887 g/mol. The van der Waals surface area contributed by atoms with E-state index in [1.807, 2.05) is 12.2 Å². The van der Waals surface area contributed by atoms with Gasteiger partial charge in [0.15, 0.2) is 6.10 Å². The minimum atomic E-state index is -5.13. The lowest BCUT2D eigenvalue weighted by molar-refractivity contribution is -0.220. The Balaban J connectivity index is 2.50. The molecule has 0 heterocycles. The molecule has 13 nitrogen and oxygen atoms in total. The Labute approximate surface area is 367 Å². The fourth-order valence-electron chi connectivity index (χ4n) is 6.87. The van der Waals surface area contributed by atoms with Gasteiger partial charge in [-0.2, -0.15) is 0 Å². The average molecular weight is 887 g/mol. The van der Waals surface area contributed by atoms with Crippen LogP contribution in [0, 0.1) is 0 Å². The highest BCUT2D eigenvalue weighted by molar-refractivity contribution is 7.47. The Bertz CT molecular complexity index is 1250. The molecule has 6 atom stereocenters. The number of hydrogen-bond acceptors (Lipinski definition) is 12. The summed E-state index contributed by atoms with van der Waals surface area (Å²) in [5.41, 5.74) is 0. The molecule has 61 heavy (non-hydrogen) atoms. The molecule has 0 saturated heterocycles. The summed E-state index contributed by atoms with van der Waals surface area (Å²) in [6.07, 6.45) is 30.3. The van der Waals surface area contributed by atoms with Crippen molar-refractivity contribution in [2.24, 2.45) is 0 Å². The van der Waals surface area contributed by atoms with E-state index in [0.717, 1.165) is 44.9 Å². The first-order valence-corrected chi connectivity index (χ1v) is 24.9. The summed E-state index contributed by atoms with van der Waals surface area (Å²) in [5, 5.41) is 50.1. The van der Waals surface area contributed by atoms with Crippen LogP contribution < -0.4 is 0 Å². The van der Waals surface area contributed by atoms with Crippen molar-refractivity contribution in [2.45, 2.75) is 224 Å². The summed E-state index contributed by atoms with van der Waals surface area (Å²) < 4.78 is 33.5.